The predicted molar refractivity (Wildman–Crippen MR) is 25.5 cm³/mol. The summed E-state index contributed by atoms with van der Waals surface area (Å²) in [5.74, 6) is -2.57. The fourth-order valence-electron chi connectivity index (χ4n) is 0.746. The van der Waals surface area contributed by atoms with Crippen LogP contribution in [0.2, 0.25) is 0 Å². The standard InChI is InChI=1S/C4H8F2N2/c5-4(6)1-3(7)8-2-4/h3,8H,1-2,7H2. The Balaban J connectivity index is 2.44. The monoisotopic (exact) mass is 122 g/mol. The number of nitrogens with one attached hydrogen (secondary N) is 1. The Morgan fingerprint density at radius 3 is 2.38 bits per heavy atom. The van der Waals surface area contributed by atoms with Gasteiger partial charge in [0.05, 0.1) is 12.7 Å². The second-order valence-electron chi connectivity index (χ2n) is 2.05. The lowest BCUT2D eigenvalue weighted by atomic mass is 10.3. The van der Waals surface area contributed by atoms with Crippen LogP contribution in [0.4, 0.5) is 8.78 Å². The minimum absolute atomic E-state index is 0.229. The summed E-state index contributed by atoms with van der Waals surface area (Å²) in [5.41, 5.74) is 5.12. The van der Waals surface area contributed by atoms with Gasteiger partial charge >= 0.3 is 0 Å². The minimum Gasteiger partial charge on any atom is -0.316 e. The number of hydrogen-bond acceptors (Lipinski definition) is 2. The maximum absolute atomic E-state index is 12.1. The Morgan fingerprint density at radius 1 is 1.62 bits per heavy atom. The highest BCUT2D eigenvalue weighted by atomic mass is 19.3. The molecule has 1 saturated heterocycles. The summed E-state index contributed by atoms with van der Waals surface area (Å²) in [7, 11) is 0. The largest absolute Gasteiger partial charge is 0.316 e. The third kappa shape index (κ3) is 1.14. The highest BCUT2D eigenvalue weighted by Crippen LogP contribution is 2.22. The van der Waals surface area contributed by atoms with E-state index in [9.17, 15) is 8.78 Å². The van der Waals surface area contributed by atoms with E-state index in [0.717, 1.165) is 0 Å². The lowest BCUT2D eigenvalue weighted by molar-refractivity contribution is 0.0213. The van der Waals surface area contributed by atoms with Crippen LogP contribution in [0.1, 0.15) is 6.42 Å². The Hall–Kier alpha value is -0.220. The lowest BCUT2D eigenvalue weighted by Gasteiger charge is -2.03. The quantitative estimate of drug-likeness (QED) is 0.471. The molecule has 0 radical (unpaired) electrons. The highest BCUT2D eigenvalue weighted by molar-refractivity contribution is 4.83. The second-order valence-corrected chi connectivity index (χ2v) is 2.05. The molecule has 1 aliphatic heterocycles. The van der Waals surface area contributed by atoms with Gasteiger partial charge in [-0.3, -0.25) is 5.32 Å². The second kappa shape index (κ2) is 1.63. The summed E-state index contributed by atoms with van der Waals surface area (Å²) in [6.45, 7) is -0.270. The van der Waals surface area contributed by atoms with E-state index in [4.69, 9.17) is 5.73 Å². The molecule has 8 heavy (non-hydrogen) atoms. The van der Waals surface area contributed by atoms with Gasteiger partial charge in [-0.05, 0) is 0 Å². The van der Waals surface area contributed by atoms with Crippen molar-refractivity contribution in [3.8, 4) is 0 Å². The number of halogens is 2. The first kappa shape index (κ1) is 5.91. The molecule has 0 spiro atoms. The van der Waals surface area contributed by atoms with Crippen molar-refractivity contribution in [3.05, 3.63) is 0 Å². The van der Waals surface area contributed by atoms with Crippen LogP contribution in [0.5, 0.6) is 0 Å². The molecule has 3 N–H and O–H groups in total. The van der Waals surface area contributed by atoms with E-state index in [1.807, 2.05) is 0 Å². The minimum atomic E-state index is -2.57. The van der Waals surface area contributed by atoms with Crippen molar-refractivity contribution in [1.82, 2.24) is 5.32 Å². The van der Waals surface area contributed by atoms with E-state index < -0.39 is 12.1 Å². The number of alkyl halides is 2. The van der Waals surface area contributed by atoms with Gasteiger partial charge < -0.3 is 5.73 Å². The predicted octanol–water partition coefficient (Wildman–Crippen LogP) is -0.100. The summed E-state index contributed by atoms with van der Waals surface area (Å²) in [6, 6.07) is 0. The van der Waals surface area contributed by atoms with Crippen molar-refractivity contribution in [1.29, 1.82) is 0 Å². The van der Waals surface area contributed by atoms with Crippen molar-refractivity contribution in [2.24, 2.45) is 5.73 Å². The zero-order valence-corrected chi connectivity index (χ0v) is 4.32. The van der Waals surface area contributed by atoms with Gasteiger partial charge in [0.25, 0.3) is 5.92 Å². The SMILES string of the molecule is NC1CC(F)(F)CN1. The molecule has 1 rings (SSSR count). The normalized spacial score (nSPS) is 35.6. The summed E-state index contributed by atoms with van der Waals surface area (Å²) < 4.78 is 24.1. The van der Waals surface area contributed by atoms with Crippen LogP contribution < -0.4 is 11.1 Å². The van der Waals surface area contributed by atoms with Gasteiger partial charge in [-0.2, -0.15) is 0 Å². The van der Waals surface area contributed by atoms with Crippen LogP contribution >= 0.6 is 0 Å². The van der Waals surface area contributed by atoms with Crippen molar-refractivity contribution < 1.29 is 8.78 Å². The molecule has 0 aromatic carbocycles. The van der Waals surface area contributed by atoms with Gasteiger partial charge in [0.1, 0.15) is 0 Å². The highest BCUT2D eigenvalue weighted by Gasteiger charge is 2.37. The third-order valence-electron chi connectivity index (χ3n) is 1.14. The molecule has 0 aromatic heterocycles. The summed E-state index contributed by atoms with van der Waals surface area (Å²) in [4.78, 5) is 0. The van der Waals surface area contributed by atoms with Gasteiger partial charge in [-0.25, -0.2) is 8.78 Å². The van der Waals surface area contributed by atoms with E-state index in [-0.39, 0.29) is 13.0 Å². The van der Waals surface area contributed by atoms with Crippen LogP contribution in [0.25, 0.3) is 0 Å². The number of nitrogens with two attached hydrogens (primary N) is 1. The smallest absolute Gasteiger partial charge is 0.263 e. The van der Waals surface area contributed by atoms with E-state index in [1.165, 1.54) is 0 Å². The Kier molecular flexibility index (Phi) is 1.21. The first-order valence-corrected chi connectivity index (χ1v) is 2.47. The molecular formula is C4H8F2N2. The molecule has 0 aliphatic carbocycles. The molecule has 1 atom stereocenters. The average Bonchev–Trinajstić information content (AvgIpc) is 1.82. The molecule has 1 fully saturated rings. The van der Waals surface area contributed by atoms with Crippen LogP contribution in [-0.4, -0.2) is 18.6 Å². The first-order chi connectivity index (χ1) is 3.60. The molecule has 0 saturated carbocycles. The van der Waals surface area contributed by atoms with Crippen LogP contribution in [0.15, 0.2) is 0 Å². The molecule has 4 heteroatoms. The van der Waals surface area contributed by atoms with Crippen LogP contribution in [0, 0.1) is 0 Å². The zero-order chi connectivity index (χ0) is 6.20. The Labute approximate surface area is 46.0 Å². The zero-order valence-electron chi connectivity index (χ0n) is 4.32. The average molecular weight is 122 g/mol. The first-order valence-electron chi connectivity index (χ1n) is 2.47. The van der Waals surface area contributed by atoms with Crippen molar-refractivity contribution in [2.75, 3.05) is 6.54 Å². The topological polar surface area (TPSA) is 38.0 Å². The van der Waals surface area contributed by atoms with E-state index in [2.05, 4.69) is 5.32 Å². The van der Waals surface area contributed by atoms with Crippen molar-refractivity contribution in [3.63, 3.8) is 0 Å². The molecule has 2 nitrogen and oxygen atoms in total. The molecule has 1 unspecified atom stereocenters. The molecule has 1 heterocycles. The van der Waals surface area contributed by atoms with E-state index in [0.29, 0.717) is 0 Å². The molecule has 0 amide bonds. The summed E-state index contributed by atoms with van der Waals surface area (Å²) in [5, 5.41) is 2.44. The Morgan fingerprint density at radius 2 is 2.25 bits per heavy atom. The molecular weight excluding hydrogens is 114 g/mol. The van der Waals surface area contributed by atoms with E-state index >= 15 is 0 Å². The maximum Gasteiger partial charge on any atom is 0.263 e. The third-order valence-corrected chi connectivity index (χ3v) is 1.14. The van der Waals surface area contributed by atoms with Gasteiger partial charge in [-0.1, -0.05) is 0 Å². The molecule has 48 valence electrons. The Bertz CT molecular complexity index is 94.0. The van der Waals surface area contributed by atoms with Gasteiger partial charge in [0.2, 0.25) is 0 Å². The summed E-state index contributed by atoms with van der Waals surface area (Å²) in [6.07, 6.45) is -0.738. The molecule has 1 aliphatic rings. The maximum atomic E-state index is 12.1. The van der Waals surface area contributed by atoms with E-state index in [1.54, 1.807) is 0 Å². The van der Waals surface area contributed by atoms with Gasteiger partial charge in [0.15, 0.2) is 0 Å². The van der Waals surface area contributed by atoms with Gasteiger partial charge in [0, 0.05) is 6.42 Å². The molecule has 0 aromatic rings. The number of hydrogen-bond donors (Lipinski definition) is 2. The fraction of sp³-hybridized carbons (Fsp3) is 1.00. The van der Waals surface area contributed by atoms with Gasteiger partial charge in [-0.15, -0.1) is 0 Å². The molecule has 0 bridgehead atoms. The van der Waals surface area contributed by atoms with Crippen LogP contribution in [0.3, 0.4) is 0 Å². The lowest BCUT2D eigenvalue weighted by Crippen LogP contribution is -2.30. The number of rotatable bonds is 0. The van der Waals surface area contributed by atoms with Crippen LogP contribution in [-0.2, 0) is 0 Å². The fourth-order valence-corrected chi connectivity index (χ4v) is 0.746. The summed E-state index contributed by atoms with van der Waals surface area (Å²) >= 11 is 0. The van der Waals surface area contributed by atoms with Crippen molar-refractivity contribution >= 4 is 0 Å². The van der Waals surface area contributed by atoms with Crippen molar-refractivity contribution in [2.45, 2.75) is 18.5 Å².